The fourth-order valence-corrected chi connectivity index (χ4v) is 5.65. The number of anilines is 2. The lowest BCUT2D eigenvalue weighted by atomic mass is 10.2. The number of benzene rings is 4. The summed E-state index contributed by atoms with van der Waals surface area (Å²) in [5.41, 5.74) is 4.94. The van der Waals surface area contributed by atoms with E-state index in [9.17, 15) is 14.4 Å². The summed E-state index contributed by atoms with van der Waals surface area (Å²) in [5.74, 6) is -0.249. The van der Waals surface area contributed by atoms with Crippen LogP contribution in [0.25, 0.3) is 28.6 Å². The van der Waals surface area contributed by atoms with Crippen molar-refractivity contribution in [2.24, 2.45) is 0 Å². The molecular weight excluding hydrogens is 605 g/mol. The van der Waals surface area contributed by atoms with Gasteiger partial charge in [-0.05, 0) is 101 Å². The Hall–Kier alpha value is -5.45. The van der Waals surface area contributed by atoms with E-state index in [4.69, 9.17) is 4.42 Å². The van der Waals surface area contributed by atoms with E-state index < -0.39 is 5.91 Å². The van der Waals surface area contributed by atoms with Gasteiger partial charge in [0.1, 0.15) is 11.2 Å². The fourth-order valence-electron chi connectivity index (χ4n) is 4.34. The minimum Gasteiger partial charge on any atom is -0.436 e. The third-order valence-electron chi connectivity index (χ3n) is 6.57. The van der Waals surface area contributed by atoms with E-state index in [-0.39, 0.29) is 23.3 Å². The zero-order chi connectivity index (χ0) is 31.0. The molecule has 0 fully saturated rings. The first-order valence-electron chi connectivity index (χ1n) is 13.9. The van der Waals surface area contributed by atoms with E-state index in [2.05, 4.69) is 20.9 Å². The van der Waals surface area contributed by atoms with E-state index in [1.807, 2.05) is 83.6 Å². The summed E-state index contributed by atoms with van der Waals surface area (Å²) in [4.78, 5) is 43.9. The van der Waals surface area contributed by atoms with Crippen molar-refractivity contribution in [3.05, 3.63) is 137 Å². The number of fused-ring (bicyclic) bond motifs is 1. The highest BCUT2D eigenvalue weighted by atomic mass is 32.2. The predicted octanol–water partition coefficient (Wildman–Crippen LogP) is 7.70. The molecule has 0 atom stereocenters. The van der Waals surface area contributed by atoms with Gasteiger partial charge in [-0.2, -0.15) is 11.3 Å². The largest absolute Gasteiger partial charge is 0.436 e. The molecule has 6 rings (SSSR count). The van der Waals surface area contributed by atoms with Crippen molar-refractivity contribution in [3.8, 4) is 11.5 Å². The highest BCUT2D eigenvalue weighted by molar-refractivity contribution is 8.00. The van der Waals surface area contributed by atoms with Gasteiger partial charge >= 0.3 is 0 Å². The summed E-state index contributed by atoms with van der Waals surface area (Å²) < 4.78 is 5.81. The van der Waals surface area contributed by atoms with E-state index in [1.165, 1.54) is 23.1 Å². The lowest BCUT2D eigenvalue weighted by Gasteiger charge is -2.11. The maximum Gasteiger partial charge on any atom is 0.272 e. The summed E-state index contributed by atoms with van der Waals surface area (Å²) in [5, 5.41) is 12.3. The van der Waals surface area contributed by atoms with Gasteiger partial charge in [0, 0.05) is 27.4 Å². The van der Waals surface area contributed by atoms with Crippen LogP contribution in [0.1, 0.15) is 15.9 Å². The van der Waals surface area contributed by atoms with Crippen molar-refractivity contribution in [3.63, 3.8) is 0 Å². The van der Waals surface area contributed by atoms with Crippen molar-refractivity contribution >= 4 is 69.4 Å². The Balaban J connectivity index is 1.02. The second-order valence-electron chi connectivity index (χ2n) is 9.81. The van der Waals surface area contributed by atoms with E-state index in [0.717, 1.165) is 27.1 Å². The molecule has 0 radical (unpaired) electrons. The number of thioether (sulfide) groups is 1. The molecule has 8 nitrogen and oxygen atoms in total. The van der Waals surface area contributed by atoms with Crippen LogP contribution < -0.4 is 16.0 Å². The number of carbonyl (C=O) groups excluding carboxylic acids is 3. The summed E-state index contributed by atoms with van der Waals surface area (Å²) in [6.07, 6.45) is 1.64. The summed E-state index contributed by atoms with van der Waals surface area (Å²) in [6, 6.07) is 32.7. The highest BCUT2D eigenvalue weighted by Crippen LogP contribution is 2.26. The number of para-hydroxylation sites is 2. The lowest BCUT2D eigenvalue weighted by Crippen LogP contribution is -2.30. The minimum atomic E-state index is -0.451. The maximum absolute atomic E-state index is 13.2. The molecule has 0 unspecified atom stereocenters. The third-order valence-corrected chi connectivity index (χ3v) is 8.29. The quantitative estimate of drug-likeness (QED) is 0.106. The third kappa shape index (κ3) is 7.74. The molecule has 3 amide bonds. The second kappa shape index (κ2) is 13.9. The first kappa shape index (κ1) is 29.6. The number of nitrogens with one attached hydrogen (secondary N) is 3. The van der Waals surface area contributed by atoms with E-state index >= 15 is 0 Å². The fraction of sp³-hybridized carbons (Fsp3) is 0.0286. The molecule has 222 valence electrons. The molecule has 0 aliphatic carbocycles. The zero-order valence-electron chi connectivity index (χ0n) is 23.7. The topological polar surface area (TPSA) is 113 Å². The van der Waals surface area contributed by atoms with Crippen molar-refractivity contribution in [2.75, 3.05) is 16.4 Å². The smallest absolute Gasteiger partial charge is 0.272 e. The Bertz CT molecular complexity index is 1940. The van der Waals surface area contributed by atoms with Crippen LogP contribution in [0.2, 0.25) is 0 Å². The van der Waals surface area contributed by atoms with Crippen LogP contribution in [0.5, 0.6) is 0 Å². The standard InChI is InChI=1S/C35H26N4O4S2/c40-32(36-26-12-10-25(11-13-26)35-39-29-8-4-5-9-31(29)43-35)22-45-28-16-14-27(15-17-28)37-34(42)30(20-23-18-19-44-21-23)38-33(41)24-6-2-1-3-7-24/h1-21H,22H2,(H,36,40)(H,37,42)(H,38,41)/b30-20-. The van der Waals surface area contributed by atoms with Crippen LogP contribution in [0.3, 0.4) is 0 Å². The SMILES string of the molecule is O=C(CSc1ccc(NC(=O)/C(=C/c2ccsc2)NC(=O)c2ccccc2)cc1)Nc1ccc(-c2nc3ccccc3o2)cc1. The van der Waals surface area contributed by atoms with Gasteiger partial charge in [-0.15, -0.1) is 11.8 Å². The number of hydrogen-bond donors (Lipinski definition) is 3. The molecule has 0 bridgehead atoms. The molecule has 0 aliphatic heterocycles. The van der Waals surface area contributed by atoms with Gasteiger partial charge < -0.3 is 20.4 Å². The van der Waals surface area contributed by atoms with Crippen LogP contribution in [-0.4, -0.2) is 28.5 Å². The van der Waals surface area contributed by atoms with Gasteiger partial charge in [-0.1, -0.05) is 30.3 Å². The van der Waals surface area contributed by atoms with Crippen molar-refractivity contribution in [1.82, 2.24) is 10.3 Å². The molecule has 0 aliphatic rings. The van der Waals surface area contributed by atoms with Crippen molar-refractivity contribution in [2.45, 2.75) is 4.90 Å². The first-order chi connectivity index (χ1) is 22.0. The second-order valence-corrected chi connectivity index (χ2v) is 11.6. The molecule has 45 heavy (non-hydrogen) atoms. The number of rotatable bonds is 10. The van der Waals surface area contributed by atoms with Crippen LogP contribution >= 0.6 is 23.1 Å². The molecule has 0 saturated heterocycles. The molecular formula is C35H26N4O4S2. The van der Waals surface area contributed by atoms with E-state index in [1.54, 1.807) is 42.5 Å². The van der Waals surface area contributed by atoms with Crippen molar-refractivity contribution in [1.29, 1.82) is 0 Å². The van der Waals surface area contributed by atoms with Gasteiger partial charge in [0.25, 0.3) is 11.8 Å². The number of thiophene rings is 1. The van der Waals surface area contributed by atoms with Gasteiger partial charge in [0.15, 0.2) is 5.58 Å². The normalized spacial score (nSPS) is 11.2. The van der Waals surface area contributed by atoms with Crippen LogP contribution in [0.15, 0.2) is 135 Å². The highest BCUT2D eigenvalue weighted by Gasteiger charge is 2.15. The summed E-state index contributed by atoms with van der Waals surface area (Å²) in [6.45, 7) is 0. The molecule has 3 N–H and O–H groups in total. The lowest BCUT2D eigenvalue weighted by molar-refractivity contribution is -0.114. The Morgan fingerprint density at radius 2 is 1.51 bits per heavy atom. The van der Waals surface area contributed by atoms with Crippen LogP contribution in [0.4, 0.5) is 11.4 Å². The Morgan fingerprint density at radius 3 is 2.24 bits per heavy atom. The number of oxazole rings is 1. The summed E-state index contributed by atoms with van der Waals surface area (Å²) >= 11 is 2.87. The van der Waals surface area contributed by atoms with Gasteiger partial charge in [0.2, 0.25) is 11.8 Å². The molecule has 0 spiro atoms. The van der Waals surface area contributed by atoms with Gasteiger partial charge in [-0.3, -0.25) is 14.4 Å². The number of carbonyl (C=O) groups is 3. The molecule has 0 saturated carbocycles. The molecule has 2 aromatic heterocycles. The Kier molecular flexibility index (Phi) is 9.14. The summed E-state index contributed by atoms with van der Waals surface area (Å²) in [7, 11) is 0. The molecule has 10 heteroatoms. The Labute approximate surface area is 267 Å². The molecule has 4 aromatic carbocycles. The van der Waals surface area contributed by atoms with Crippen LogP contribution in [0, 0.1) is 0 Å². The molecule has 2 heterocycles. The Morgan fingerprint density at radius 1 is 0.800 bits per heavy atom. The first-order valence-corrected chi connectivity index (χ1v) is 15.8. The molecule has 6 aromatic rings. The predicted molar refractivity (Wildman–Crippen MR) is 180 cm³/mol. The maximum atomic E-state index is 13.2. The minimum absolute atomic E-state index is 0.124. The van der Waals surface area contributed by atoms with Gasteiger partial charge in [0.05, 0.1) is 5.75 Å². The number of nitrogens with zero attached hydrogens (tertiary/aromatic N) is 1. The number of aromatic nitrogens is 1. The van der Waals surface area contributed by atoms with E-state index in [0.29, 0.717) is 22.8 Å². The van der Waals surface area contributed by atoms with Crippen LogP contribution in [-0.2, 0) is 9.59 Å². The monoisotopic (exact) mass is 630 g/mol. The zero-order valence-corrected chi connectivity index (χ0v) is 25.4. The number of hydrogen-bond acceptors (Lipinski definition) is 7. The average Bonchev–Trinajstić information content (AvgIpc) is 3.75. The average molecular weight is 631 g/mol. The number of amides is 3. The van der Waals surface area contributed by atoms with Crippen molar-refractivity contribution < 1.29 is 18.8 Å². The van der Waals surface area contributed by atoms with Gasteiger partial charge in [-0.25, -0.2) is 4.98 Å².